The number of benzene rings is 1. The maximum Gasteiger partial charge on any atom is 0.326 e. The summed E-state index contributed by atoms with van der Waals surface area (Å²) in [7, 11) is 0. The number of carbonyl (C=O) groups excluding carboxylic acids is 7. The fraction of sp³-hybridized carbons (Fsp3) is 0.615. The van der Waals surface area contributed by atoms with Gasteiger partial charge in [0.25, 0.3) is 0 Å². The predicted molar refractivity (Wildman–Crippen MR) is 220 cm³/mol. The monoisotopic (exact) mass is 845 g/mol. The number of hydrogen-bond donors (Lipinski definition) is 11. The van der Waals surface area contributed by atoms with E-state index in [-0.39, 0.29) is 69.4 Å². The summed E-state index contributed by atoms with van der Waals surface area (Å²) in [6, 6.07) is -0.236. The Bertz CT molecular complexity index is 1670. The second-order valence-corrected chi connectivity index (χ2v) is 15.7. The largest absolute Gasteiger partial charge is 0.480 e. The molecule has 1 aliphatic rings. The minimum Gasteiger partial charge on any atom is -0.480 e. The Morgan fingerprint density at radius 1 is 0.750 bits per heavy atom. The lowest BCUT2D eigenvalue weighted by Gasteiger charge is -2.29. The summed E-state index contributed by atoms with van der Waals surface area (Å²) in [5, 5.41) is 32.1. The highest BCUT2D eigenvalue weighted by atomic mass is 16.4. The molecule has 1 heterocycles. The van der Waals surface area contributed by atoms with Crippen molar-refractivity contribution in [3.63, 3.8) is 0 Å². The number of carboxylic acids is 1. The number of carbonyl (C=O) groups is 8. The molecule has 0 aliphatic carbocycles. The van der Waals surface area contributed by atoms with Crippen molar-refractivity contribution in [1.82, 2.24) is 31.5 Å². The molecule has 0 bridgehead atoms. The number of guanidine groups is 1. The van der Waals surface area contributed by atoms with Crippen LogP contribution in [0.1, 0.15) is 78.2 Å². The number of likely N-dealkylation sites (tertiary alicyclic amines) is 1. The molecule has 15 N–H and O–H groups in total. The number of aliphatic hydroxyl groups excluding tert-OH is 1. The van der Waals surface area contributed by atoms with Crippen molar-refractivity contribution >= 4 is 53.3 Å². The molecule has 334 valence electrons. The number of nitrogens with zero attached hydrogens (tertiary/aromatic N) is 2. The number of aliphatic imine (C=N–C) groups is 1. The smallest absolute Gasteiger partial charge is 0.326 e. The second kappa shape index (κ2) is 24.9. The van der Waals surface area contributed by atoms with Gasteiger partial charge >= 0.3 is 5.97 Å². The molecular formula is C39H63N11O10. The lowest BCUT2D eigenvalue weighted by Crippen LogP contribution is -2.60. The molecule has 7 atom stereocenters. The van der Waals surface area contributed by atoms with Crippen LogP contribution in [-0.4, -0.2) is 130 Å². The van der Waals surface area contributed by atoms with Gasteiger partial charge in [-0.15, -0.1) is 0 Å². The Hall–Kier alpha value is -5.83. The first-order valence-corrected chi connectivity index (χ1v) is 20.0. The van der Waals surface area contributed by atoms with Gasteiger partial charge in [0.05, 0.1) is 13.0 Å². The average Bonchev–Trinajstić information content (AvgIpc) is 3.67. The first kappa shape index (κ1) is 50.3. The highest BCUT2D eigenvalue weighted by Gasteiger charge is 2.39. The standard InChI is InChI=1S/C39H63N11O10/c1-21(2)16-26(47-35(56)27(17-22(3)4)48-36(57)28(46-32(53)24(40)20-51)18-23-10-6-5-7-11-23)34(55)45-25(12-8-14-44-39(42)43)33(54)49-29(19-31(41)52)37(58)50-15-9-13-30(50)38(59)60/h5-7,10-11,21-22,24-30,51H,8-9,12-20,40H2,1-4H3,(H2,41,52)(H,45,55)(H,46,53)(H,47,56)(H,48,57)(H,49,54)(H,59,60)(H4,42,43,44)/t24-,25-,26-,27-,28-,29-,30-/m0/s1. The minimum atomic E-state index is -1.55. The van der Waals surface area contributed by atoms with Gasteiger partial charge in [0.15, 0.2) is 5.96 Å². The van der Waals surface area contributed by atoms with Gasteiger partial charge in [0, 0.05) is 19.5 Å². The highest BCUT2D eigenvalue weighted by molar-refractivity contribution is 5.98. The van der Waals surface area contributed by atoms with Crippen LogP contribution in [0.5, 0.6) is 0 Å². The molecule has 1 aromatic carbocycles. The number of carboxylic acid groups (broad SMARTS) is 1. The fourth-order valence-corrected chi connectivity index (χ4v) is 6.58. The van der Waals surface area contributed by atoms with Crippen molar-refractivity contribution < 1.29 is 48.6 Å². The van der Waals surface area contributed by atoms with Crippen molar-refractivity contribution in [2.24, 2.45) is 39.8 Å². The van der Waals surface area contributed by atoms with Crippen molar-refractivity contribution in [2.45, 2.75) is 121 Å². The highest BCUT2D eigenvalue weighted by Crippen LogP contribution is 2.20. The molecule has 0 saturated carbocycles. The molecule has 1 aliphatic heterocycles. The van der Waals surface area contributed by atoms with Crippen LogP contribution in [0.15, 0.2) is 35.3 Å². The normalized spacial score (nSPS) is 16.7. The third-order valence-corrected chi connectivity index (χ3v) is 9.55. The minimum absolute atomic E-state index is 0.0294. The predicted octanol–water partition coefficient (Wildman–Crippen LogP) is -2.93. The van der Waals surface area contributed by atoms with Crippen LogP contribution in [-0.2, 0) is 44.8 Å². The molecule has 1 fully saturated rings. The number of primary amides is 1. The van der Waals surface area contributed by atoms with Gasteiger partial charge in [-0.1, -0.05) is 58.0 Å². The summed E-state index contributed by atoms with van der Waals surface area (Å²) in [4.78, 5) is 111. The van der Waals surface area contributed by atoms with Gasteiger partial charge in [0.2, 0.25) is 41.4 Å². The molecule has 60 heavy (non-hydrogen) atoms. The number of aliphatic hydroxyl groups is 1. The second-order valence-electron chi connectivity index (χ2n) is 15.7. The summed E-state index contributed by atoms with van der Waals surface area (Å²) in [5.41, 5.74) is 22.7. The van der Waals surface area contributed by atoms with Gasteiger partial charge in [0.1, 0.15) is 42.3 Å². The molecule has 0 unspecified atom stereocenters. The van der Waals surface area contributed by atoms with E-state index in [1.54, 1.807) is 44.2 Å². The molecule has 1 aromatic rings. The van der Waals surface area contributed by atoms with Gasteiger partial charge in [-0.3, -0.25) is 38.6 Å². The Kier molecular flexibility index (Phi) is 20.9. The number of aliphatic carboxylic acids is 1. The molecule has 1 saturated heterocycles. The van der Waals surface area contributed by atoms with Crippen LogP contribution < -0.4 is 49.5 Å². The van der Waals surface area contributed by atoms with Crippen molar-refractivity contribution in [1.29, 1.82) is 0 Å². The zero-order chi connectivity index (χ0) is 45.1. The van der Waals surface area contributed by atoms with Gasteiger partial charge in [-0.2, -0.15) is 0 Å². The fourth-order valence-electron chi connectivity index (χ4n) is 6.58. The van der Waals surface area contributed by atoms with Crippen LogP contribution in [0.25, 0.3) is 0 Å². The van der Waals surface area contributed by atoms with E-state index in [2.05, 4.69) is 31.6 Å². The molecular weight excluding hydrogens is 782 g/mol. The first-order chi connectivity index (χ1) is 28.2. The van der Waals surface area contributed by atoms with Gasteiger partial charge in [-0.05, 0) is 55.9 Å². The molecule has 21 heteroatoms. The van der Waals surface area contributed by atoms with Crippen LogP contribution in [0.3, 0.4) is 0 Å². The van der Waals surface area contributed by atoms with E-state index in [4.69, 9.17) is 22.9 Å². The topological polar surface area (TPSA) is 357 Å². The van der Waals surface area contributed by atoms with E-state index in [1.165, 1.54) is 0 Å². The summed E-state index contributed by atoms with van der Waals surface area (Å²) in [6.45, 7) is 6.71. The summed E-state index contributed by atoms with van der Waals surface area (Å²) in [6.07, 6.45) is 0.238. The molecule has 0 radical (unpaired) electrons. The van der Waals surface area contributed by atoms with Gasteiger partial charge in [-0.25, -0.2) is 4.79 Å². The van der Waals surface area contributed by atoms with Crippen molar-refractivity contribution in [3.8, 4) is 0 Å². The molecule has 21 nitrogen and oxygen atoms in total. The number of rotatable bonds is 25. The zero-order valence-corrected chi connectivity index (χ0v) is 34.7. The average molecular weight is 846 g/mol. The van der Waals surface area contributed by atoms with E-state index >= 15 is 0 Å². The number of nitrogens with one attached hydrogen (secondary N) is 5. The van der Waals surface area contributed by atoms with Gasteiger partial charge < -0.3 is 64.6 Å². The van der Waals surface area contributed by atoms with E-state index < -0.39 is 103 Å². The molecule has 7 amide bonds. The summed E-state index contributed by atoms with van der Waals surface area (Å²) in [5.74, 6) is -7.45. The Morgan fingerprint density at radius 2 is 1.25 bits per heavy atom. The van der Waals surface area contributed by atoms with E-state index in [1.807, 2.05) is 13.8 Å². The van der Waals surface area contributed by atoms with Crippen LogP contribution in [0, 0.1) is 11.8 Å². The lowest BCUT2D eigenvalue weighted by atomic mass is 9.98. The maximum absolute atomic E-state index is 14.0. The van der Waals surface area contributed by atoms with Crippen LogP contribution >= 0.6 is 0 Å². The van der Waals surface area contributed by atoms with Crippen LogP contribution in [0.4, 0.5) is 0 Å². The Morgan fingerprint density at radius 3 is 1.75 bits per heavy atom. The summed E-state index contributed by atoms with van der Waals surface area (Å²) < 4.78 is 0. The Labute approximate surface area is 349 Å². The van der Waals surface area contributed by atoms with Crippen molar-refractivity contribution in [3.05, 3.63) is 35.9 Å². The number of amides is 7. The third kappa shape index (κ3) is 17.2. The quantitative estimate of drug-likeness (QED) is 0.0267. The lowest BCUT2D eigenvalue weighted by molar-refractivity contribution is -0.149. The third-order valence-electron chi connectivity index (χ3n) is 9.55. The molecule has 0 spiro atoms. The zero-order valence-electron chi connectivity index (χ0n) is 34.7. The van der Waals surface area contributed by atoms with E-state index in [0.29, 0.717) is 12.0 Å². The maximum atomic E-state index is 14.0. The Balaban J connectivity index is 2.39. The summed E-state index contributed by atoms with van der Waals surface area (Å²) >= 11 is 0. The van der Waals surface area contributed by atoms with E-state index in [0.717, 1.165) is 4.90 Å². The SMILES string of the molecule is CC(C)C[C@H](NC(=O)[C@H](CC(C)C)NC(=O)[C@H](Cc1ccccc1)NC(=O)[C@@H](N)CO)C(=O)N[C@@H](CCCN=C(N)N)C(=O)N[C@@H](CC(N)=O)C(=O)N1CCC[C@H]1C(=O)O. The first-order valence-electron chi connectivity index (χ1n) is 20.0. The number of nitrogens with two attached hydrogens (primary N) is 4. The molecule has 0 aromatic heterocycles. The van der Waals surface area contributed by atoms with E-state index in [9.17, 15) is 48.6 Å². The number of hydrogen-bond acceptors (Lipinski definition) is 11. The molecule has 2 rings (SSSR count). The van der Waals surface area contributed by atoms with Crippen LogP contribution in [0.2, 0.25) is 0 Å². The van der Waals surface area contributed by atoms with Crippen molar-refractivity contribution in [2.75, 3.05) is 19.7 Å².